The molecule has 0 amide bonds. The summed E-state index contributed by atoms with van der Waals surface area (Å²) in [4.78, 5) is 56.5. The molecule has 2 heterocycles. The number of unbranched alkanes of at least 4 members (excludes halogenated alkanes) is 2. The van der Waals surface area contributed by atoms with E-state index >= 15 is 0 Å². The largest absolute Gasteiger partial charge is 0.469 e. The zero-order valence-corrected chi connectivity index (χ0v) is 32.8. The Bertz CT molecular complexity index is 2490. The molecule has 280 valence electrons. The van der Waals surface area contributed by atoms with Crippen LogP contribution in [0, 0.1) is 38.0 Å². The van der Waals surface area contributed by atoms with Crippen molar-refractivity contribution in [3.8, 4) is 35.6 Å². The standard InChI is InChI=1S/C22H20N2O3.C15H11BrN2O.C7H10O2/c1-16-23-19-14-9-11-17(10-5-3-8-15-20(25)27-2)21(19)22(26)24(16)18-12-6-4-7-13-18;1-10-17-13-9-5-8-12(16)14(13)15(19)18(10)11-6-3-2-4-7-11;1-3-4-5-6-7(8)9-2/h4,6-7,9,11-14H,3,8,15H2,1-2H3;2-9H,1H3;1H,4-6H2,2H3. The Morgan fingerprint density at radius 2 is 1.15 bits per heavy atom. The van der Waals surface area contributed by atoms with Crippen LogP contribution in [0.15, 0.2) is 111 Å². The van der Waals surface area contributed by atoms with Gasteiger partial charge in [-0.15, -0.1) is 12.3 Å². The number of para-hydroxylation sites is 2. The van der Waals surface area contributed by atoms with Crippen molar-refractivity contribution in [3.05, 3.63) is 139 Å². The van der Waals surface area contributed by atoms with Crippen molar-refractivity contribution in [3.63, 3.8) is 0 Å². The number of carbonyl (C=O) groups excluding carboxylic acids is 2. The van der Waals surface area contributed by atoms with E-state index in [0.717, 1.165) is 22.3 Å². The molecule has 0 aliphatic carbocycles. The molecule has 0 spiro atoms. The van der Waals surface area contributed by atoms with Gasteiger partial charge in [0.2, 0.25) is 0 Å². The average molecular weight is 802 g/mol. The number of hydrogen-bond acceptors (Lipinski definition) is 8. The summed E-state index contributed by atoms with van der Waals surface area (Å²) in [5.41, 5.74) is 3.40. The second-order valence-electron chi connectivity index (χ2n) is 12.0. The molecule has 0 unspecified atom stereocenters. The SMILES string of the molecule is C#CCCCC(=O)OC.COC(=O)CCCC#Cc1cccc2nc(C)n(-c3ccccc3)c(=O)c12.Cc1nc2cccc(Br)c2c(=O)n1-c1ccccc1. The third-order valence-corrected chi connectivity index (χ3v) is 8.83. The molecular weight excluding hydrogens is 760 g/mol. The Morgan fingerprint density at radius 3 is 1.65 bits per heavy atom. The van der Waals surface area contributed by atoms with Crippen LogP contribution < -0.4 is 11.1 Å². The number of halogens is 1. The molecule has 0 fully saturated rings. The number of aromatic nitrogens is 4. The Morgan fingerprint density at radius 1 is 0.673 bits per heavy atom. The van der Waals surface area contributed by atoms with Gasteiger partial charge in [0.05, 0.1) is 47.4 Å². The Labute approximate surface area is 328 Å². The highest BCUT2D eigenvalue weighted by Gasteiger charge is 2.13. The summed E-state index contributed by atoms with van der Waals surface area (Å²) in [6.45, 7) is 3.66. The smallest absolute Gasteiger partial charge is 0.305 e. The zero-order valence-electron chi connectivity index (χ0n) is 31.2. The van der Waals surface area contributed by atoms with E-state index in [4.69, 9.17) is 6.42 Å². The lowest BCUT2D eigenvalue weighted by Crippen LogP contribution is -2.22. The number of fused-ring (bicyclic) bond motifs is 2. The second kappa shape index (κ2) is 20.8. The van der Waals surface area contributed by atoms with Gasteiger partial charge in [0.25, 0.3) is 11.1 Å². The number of benzene rings is 4. The molecule has 0 atom stereocenters. The molecule has 0 bridgehead atoms. The fourth-order valence-corrected chi connectivity index (χ4v) is 6.05. The first-order valence-corrected chi connectivity index (χ1v) is 18.3. The van der Waals surface area contributed by atoms with Crippen LogP contribution in [0.25, 0.3) is 33.2 Å². The number of hydrogen-bond donors (Lipinski definition) is 0. The monoisotopic (exact) mass is 800 g/mol. The maximum atomic E-state index is 13.2. The Hall–Kier alpha value is -6.30. The first-order valence-electron chi connectivity index (χ1n) is 17.5. The minimum Gasteiger partial charge on any atom is -0.469 e. The molecule has 11 heteroatoms. The molecule has 0 N–H and O–H groups in total. The highest BCUT2D eigenvalue weighted by molar-refractivity contribution is 9.10. The summed E-state index contributed by atoms with van der Waals surface area (Å²) >= 11 is 3.43. The number of esters is 2. The van der Waals surface area contributed by atoms with Crippen molar-refractivity contribution in [2.24, 2.45) is 0 Å². The van der Waals surface area contributed by atoms with Crippen LogP contribution in [0.5, 0.6) is 0 Å². The van der Waals surface area contributed by atoms with Crippen molar-refractivity contribution in [2.75, 3.05) is 14.2 Å². The minimum atomic E-state index is -0.243. The third kappa shape index (κ3) is 11.1. The lowest BCUT2D eigenvalue weighted by atomic mass is 10.1. The predicted octanol–water partition coefficient (Wildman–Crippen LogP) is 7.81. The summed E-state index contributed by atoms with van der Waals surface area (Å²) in [6, 6.07) is 30.1. The van der Waals surface area contributed by atoms with Gasteiger partial charge in [0, 0.05) is 35.7 Å². The van der Waals surface area contributed by atoms with Crippen molar-refractivity contribution in [2.45, 2.75) is 52.4 Å². The molecule has 0 aliphatic heterocycles. The molecule has 0 aliphatic rings. The number of nitrogens with zero attached hydrogens (tertiary/aromatic N) is 4. The van der Waals surface area contributed by atoms with Gasteiger partial charge in [-0.3, -0.25) is 28.3 Å². The summed E-state index contributed by atoms with van der Waals surface area (Å²) in [5.74, 6) is 9.42. The summed E-state index contributed by atoms with van der Waals surface area (Å²) in [6.07, 6.45) is 8.27. The van der Waals surface area contributed by atoms with Crippen LogP contribution in [-0.4, -0.2) is 45.3 Å². The van der Waals surface area contributed by atoms with Crippen LogP contribution >= 0.6 is 15.9 Å². The molecule has 6 rings (SSSR count). The van der Waals surface area contributed by atoms with Gasteiger partial charge in [0.15, 0.2) is 0 Å². The second-order valence-corrected chi connectivity index (χ2v) is 12.8. The van der Waals surface area contributed by atoms with Crippen molar-refractivity contribution in [1.82, 2.24) is 19.1 Å². The van der Waals surface area contributed by atoms with Crippen LogP contribution in [0.2, 0.25) is 0 Å². The summed E-state index contributed by atoms with van der Waals surface area (Å²) < 4.78 is 13.0. The van der Waals surface area contributed by atoms with E-state index < -0.39 is 0 Å². The summed E-state index contributed by atoms with van der Waals surface area (Å²) in [7, 11) is 2.75. The van der Waals surface area contributed by atoms with Crippen LogP contribution in [0.1, 0.15) is 55.7 Å². The molecular formula is C44H41BrN4O6. The molecule has 0 saturated heterocycles. The minimum absolute atomic E-state index is 0.0545. The number of terminal acetylenes is 1. The van der Waals surface area contributed by atoms with E-state index in [2.05, 4.69) is 53.1 Å². The van der Waals surface area contributed by atoms with Gasteiger partial charge in [0.1, 0.15) is 11.6 Å². The number of carbonyl (C=O) groups is 2. The number of methoxy groups -OCH3 is 2. The maximum absolute atomic E-state index is 13.2. The van der Waals surface area contributed by atoms with Crippen molar-refractivity contribution in [1.29, 1.82) is 0 Å². The van der Waals surface area contributed by atoms with Gasteiger partial charge in [-0.1, -0.05) is 60.4 Å². The van der Waals surface area contributed by atoms with E-state index in [-0.39, 0.29) is 23.1 Å². The first-order chi connectivity index (χ1) is 26.6. The third-order valence-electron chi connectivity index (χ3n) is 8.17. The van der Waals surface area contributed by atoms with Crippen molar-refractivity contribution < 1.29 is 19.1 Å². The first kappa shape index (κ1) is 41.5. The molecule has 0 saturated carbocycles. The number of ether oxygens (including phenoxy) is 2. The molecule has 2 aromatic heterocycles. The zero-order chi connectivity index (χ0) is 39.7. The van der Waals surface area contributed by atoms with Gasteiger partial charge in [-0.25, -0.2) is 9.97 Å². The van der Waals surface area contributed by atoms with Crippen molar-refractivity contribution >= 4 is 49.7 Å². The molecule has 6 aromatic rings. The maximum Gasteiger partial charge on any atom is 0.305 e. The lowest BCUT2D eigenvalue weighted by Gasteiger charge is -2.11. The lowest BCUT2D eigenvalue weighted by molar-refractivity contribution is -0.141. The fourth-order valence-electron chi connectivity index (χ4n) is 5.53. The van der Waals surface area contributed by atoms with E-state index in [1.54, 1.807) is 9.13 Å². The Balaban J connectivity index is 0.000000208. The van der Waals surface area contributed by atoms with Gasteiger partial charge >= 0.3 is 11.9 Å². The van der Waals surface area contributed by atoms with Crippen LogP contribution in [0.3, 0.4) is 0 Å². The predicted molar refractivity (Wildman–Crippen MR) is 219 cm³/mol. The highest BCUT2D eigenvalue weighted by atomic mass is 79.9. The molecule has 55 heavy (non-hydrogen) atoms. The van der Waals surface area contributed by atoms with Gasteiger partial charge in [-0.05, 0) is 91.1 Å². The topological polar surface area (TPSA) is 122 Å². The fraction of sp³-hybridized carbons (Fsp3) is 0.227. The van der Waals surface area contributed by atoms with E-state index in [9.17, 15) is 19.2 Å². The number of aryl methyl sites for hydroxylation is 2. The Kier molecular flexibility index (Phi) is 15.7. The number of rotatable bonds is 8. The van der Waals surface area contributed by atoms with Crippen LogP contribution in [0.4, 0.5) is 0 Å². The molecule has 4 aromatic carbocycles. The van der Waals surface area contributed by atoms with Gasteiger partial charge in [-0.2, -0.15) is 0 Å². The quantitative estimate of drug-likeness (QED) is 0.0869. The normalized spacial score (nSPS) is 10.1. The molecule has 0 radical (unpaired) electrons. The highest BCUT2D eigenvalue weighted by Crippen LogP contribution is 2.21. The molecule has 10 nitrogen and oxygen atoms in total. The summed E-state index contributed by atoms with van der Waals surface area (Å²) in [5, 5.41) is 1.12. The van der Waals surface area contributed by atoms with E-state index in [0.29, 0.717) is 71.1 Å². The average Bonchev–Trinajstić information content (AvgIpc) is 3.19. The van der Waals surface area contributed by atoms with E-state index in [1.807, 2.05) is 111 Å². The van der Waals surface area contributed by atoms with E-state index in [1.165, 1.54) is 14.2 Å². The van der Waals surface area contributed by atoms with Crippen LogP contribution in [-0.2, 0) is 19.1 Å². The van der Waals surface area contributed by atoms with Gasteiger partial charge < -0.3 is 9.47 Å².